The fourth-order valence-electron chi connectivity index (χ4n) is 8.70. The molecule has 0 aromatic carbocycles. The van der Waals surface area contributed by atoms with Crippen LogP contribution in [0.25, 0.3) is 0 Å². The van der Waals surface area contributed by atoms with Gasteiger partial charge in [-0.3, -0.25) is 4.79 Å². The molecule has 3 N–H and O–H groups in total. The van der Waals surface area contributed by atoms with Crippen molar-refractivity contribution in [1.82, 2.24) is 0 Å². The zero-order chi connectivity index (χ0) is 26.0. The Hall–Kier alpha value is -0.930. The lowest BCUT2D eigenvalue weighted by Crippen LogP contribution is -2.31. The van der Waals surface area contributed by atoms with Crippen LogP contribution in [0.1, 0.15) is 129 Å². The molecular weight excluding hydrogens is 444 g/mol. The van der Waals surface area contributed by atoms with Gasteiger partial charge in [0.2, 0.25) is 0 Å². The summed E-state index contributed by atoms with van der Waals surface area (Å²) in [6.45, 7) is 27.4. The fraction of sp³-hybridized carbons (Fsp3) is 0.848. The zero-order valence-corrected chi connectivity index (χ0v) is 25.0. The van der Waals surface area contributed by atoms with E-state index in [1.54, 1.807) is 23.6 Å². The molecule has 3 nitrogen and oxygen atoms in total. The third kappa shape index (κ3) is 4.93. The number of hydrogen-bond donors (Lipinski definition) is 1. The van der Waals surface area contributed by atoms with Gasteiger partial charge in [-0.1, -0.05) is 99.0 Å². The predicted octanol–water partition coefficient (Wildman–Crippen LogP) is 8.35. The van der Waals surface area contributed by atoms with Crippen LogP contribution in [0.4, 0.5) is 0 Å². The molecule has 4 aliphatic rings. The number of allylic oxidation sites excluding steroid dienone is 3. The lowest BCUT2D eigenvalue weighted by atomic mass is 9.68. The fourth-order valence-corrected chi connectivity index (χ4v) is 8.70. The second kappa shape index (κ2) is 10.7. The molecule has 0 heterocycles. The molecule has 0 fully saturated rings. The molecule has 0 saturated carbocycles. The van der Waals surface area contributed by atoms with Gasteiger partial charge in [0.15, 0.2) is 0 Å². The van der Waals surface area contributed by atoms with Crippen LogP contribution in [-0.4, -0.2) is 22.5 Å². The van der Waals surface area contributed by atoms with Crippen LogP contribution in [0.2, 0.25) is 0 Å². The topological polar surface area (TPSA) is 68.8 Å². The van der Waals surface area contributed by atoms with E-state index in [0.717, 1.165) is 6.42 Å². The van der Waals surface area contributed by atoms with E-state index in [4.69, 9.17) is 0 Å². The van der Waals surface area contributed by atoms with Crippen molar-refractivity contribution < 1.29 is 15.4 Å². The second-order valence-corrected chi connectivity index (χ2v) is 14.4. The minimum Gasteiger partial charge on any atom is -0.412 e. The molecule has 5 unspecified atom stereocenters. The van der Waals surface area contributed by atoms with Gasteiger partial charge >= 0.3 is 0 Å². The first-order chi connectivity index (χ1) is 15.4. The summed E-state index contributed by atoms with van der Waals surface area (Å²) in [7, 11) is 0. The van der Waals surface area contributed by atoms with E-state index in [9.17, 15) is 9.90 Å². The molecule has 0 spiro atoms. The van der Waals surface area contributed by atoms with E-state index in [1.165, 1.54) is 37.7 Å². The van der Waals surface area contributed by atoms with Crippen LogP contribution in [0.5, 0.6) is 0 Å². The maximum Gasteiger partial charge on any atom is 0.136 e. The first-order valence-corrected chi connectivity index (χ1v) is 14.1. The number of rotatable bonds is 2. The quantitative estimate of drug-likeness (QED) is 0.384. The Bertz CT molecular complexity index is 881. The lowest BCUT2D eigenvalue weighted by molar-refractivity contribution is -0.120. The number of Topliss-reactive ketones (excluding diaryl/α,β-unsaturated/α-hetero) is 1. The third-order valence-electron chi connectivity index (χ3n) is 11.6. The number of ketones is 1. The summed E-state index contributed by atoms with van der Waals surface area (Å²) >= 11 is 0. The summed E-state index contributed by atoms with van der Waals surface area (Å²) < 4.78 is 0. The number of aliphatic hydroxyl groups is 1. The Morgan fingerprint density at radius 2 is 1.17 bits per heavy atom. The molecule has 4 rings (SSSR count). The average Bonchev–Trinajstić information content (AvgIpc) is 2.99. The van der Waals surface area contributed by atoms with Crippen molar-refractivity contribution in [2.45, 2.75) is 135 Å². The molecule has 0 radical (unpaired) electrons. The summed E-state index contributed by atoms with van der Waals surface area (Å²) in [4.78, 5) is 11.9. The van der Waals surface area contributed by atoms with Crippen molar-refractivity contribution in [3.63, 3.8) is 0 Å². The second-order valence-electron chi connectivity index (χ2n) is 14.4. The first-order valence-electron chi connectivity index (χ1n) is 14.1. The van der Waals surface area contributed by atoms with Crippen LogP contribution in [0.15, 0.2) is 22.3 Å². The Morgan fingerprint density at radius 3 is 1.58 bits per heavy atom. The monoisotopic (exact) mass is 504 g/mol. The third-order valence-corrected chi connectivity index (χ3v) is 11.6. The molecule has 0 aliphatic heterocycles. The van der Waals surface area contributed by atoms with E-state index in [0.29, 0.717) is 29.0 Å². The van der Waals surface area contributed by atoms with Gasteiger partial charge in [-0.25, -0.2) is 0 Å². The Kier molecular flexibility index (Phi) is 9.82. The average molecular weight is 505 g/mol. The van der Waals surface area contributed by atoms with Crippen molar-refractivity contribution in [1.29, 1.82) is 0 Å². The largest absolute Gasteiger partial charge is 0.412 e. The minimum absolute atomic E-state index is 0. The molecule has 210 valence electrons. The molecule has 0 aromatic rings. The normalized spacial score (nSPS) is 33.8. The smallest absolute Gasteiger partial charge is 0.136 e. The molecular formula is C33H60O3. The molecule has 0 bridgehead atoms. The van der Waals surface area contributed by atoms with Gasteiger partial charge in [-0.2, -0.15) is 0 Å². The van der Waals surface area contributed by atoms with Crippen molar-refractivity contribution in [2.75, 3.05) is 0 Å². The van der Waals surface area contributed by atoms with Crippen molar-refractivity contribution in [3.05, 3.63) is 22.3 Å². The summed E-state index contributed by atoms with van der Waals surface area (Å²) in [6.07, 6.45) is 6.94. The highest BCUT2D eigenvalue weighted by molar-refractivity contribution is 5.82. The number of carbonyl (C=O) groups excluding carboxylic acids is 1. The SMILES string of the molecule is C.CC(=O)C1CCCC2=C1C(C)(C)C(C)C2(C)C.CC(O)C1CCCC2=C1C(C)(C)C(C)C2(C)C.O. The predicted molar refractivity (Wildman–Crippen MR) is 155 cm³/mol. The van der Waals surface area contributed by atoms with Crippen LogP contribution in [0, 0.1) is 45.3 Å². The molecule has 0 aromatic heterocycles. The van der Waals surface area contributed by atoms with Crippen LogP contribution in [0.3, 0.4) is 0 Å². The van der Waals surface area contributed by atoms with Gasteiger partial charge in [0.1, 0.15) is 5.78 Å². The van der Waals surface area contributed by atoms with Gasteiger partial charge in [0.05, 0.1) is 6.10 Å². The highest BCUT2D eigenvalue weighted by atomic mass is 16.3. The van der Waals surface area contributed by atoms with E-state index in [1.807, 2.05) is 6.92 Å². The maximum absolute atomic E-state index is 11.9. The Labute approximate surface area is 223 Å². The Balaban J connectivity index is 0.000000341. The minimum atomic E-state index is -0.194. The molecule has 3 heteroatoms. The van der Waals surface area contributed by atoms with Crippen molar-refractivity contribution >= 4 is 5.78 Å². The van der Waals surface area contributed by atoms with Crippen LogP contribution < -0.4 is 0 Å². The van der Waals surface area contributed by atoms with Crippen molar-refractivity contribution in [2.24, 2.45) is 45.3 Å². The first kappa shape index (κ1) is 33.1. The summed E-state index contributed by atoms with van der Waals surface area (Å²) in [5.74, 6) is 2.27. The Morgan fingerprint density at radius 1 is 0.778 bits per heavy atom. The molecule has 36 heavy (non-hydrogen) atoms. The van der Waals surface area contributed by atoms with Gasteiger partial charge in [0, 0.05) is 11.8 Å². The molecule has 4 aliphatic carbocycles. The number of carbonyl (C=O) groups is 1. The number of hydrogen-bond acceptors (Lipinski definition) is 2. The summed E-state index contributed by atoms with van der Waals surface area (Å²) in [6, 6.07) is 0. The zero-order valence-electron chi connectivity index (χ0n) is 25.0. The van der Waals surface area contributed by atoms with Gasteiger partial charge in [-0.15, -0.1) is 0 Å². The van der Waals surface area contributed by atoms with Gasteiger partial charge in [-0.05, 0) is 85.9 Å². The van der Waals surface area contributed by atoms with E-state index in [-0.39, 0.29) is 41.2 Å². The molecule has 0 amide bonds. The lowest BCUT2D eigenvalue weighted by Gasteiger charge is -2.37. The van der Waals surface area contributed by atoms with Crippen LogP contribution >= 0.6 is 0 Å². The summed E-state index contributed by atoms with van der Waals surface area (Å²) in [5.41, 5.74) is 7.37. The highest BCUT2D eigenvalue weighted by Gasteiger charge is 2.54. The van der Waals surface area contributed by atoms with E-state index < -0.39 is 0 Å². The van der Waals surface area contributed by atoms with Crippen molar-refractivity contribution in [3.8, 4) is 0 Å². The summed E-state index contributed by atoms with van der Waals surface area (Å²) in [5, 5.41) is 10.1. The highest BCUT2D eigenvalue weighted by Crippen LogP contribution is 2.63. The van der Waals surface area contributed by atoms with Crippen LogP contribution in [-0.2, 0) is 4.79 Å². The van der Waals surface area contributed by atoms with Gasteiger partial charge in [0.25, 0.3) is 0 Å². The standard InChI is InChI=1S/C16H28O.C16H26O.CH4.H2O/c2*1-10(17)12-8-7-9-13-14(12)16(5,6)11(2)15(13,3)4;;/h10-12,17H,7-9H2,1-6H3;11-12H,7-9H2,1-6H3;1H4;1H2. The molecule has 0 saturated heterocycles. The molecule has 5 atom stereocenters. The van der Waals surface area contributed by atoms with Gasteiger partial charge < -0.3 is 10.6 Å². The van der Waals surface area contributed by atoms with E-state index >= 15 is 0 Å². The maximum atomic E-state index is 11.9. The van der Waals surface area contributed by atoms with E-state index in [2.05, 4.69) is 69.2 Å². The number of aliphatic hydroxyl groups excluding tert-OH is 1.